The number of benzene rings is 4. The van der Waals surface area contributed by atoms with Crippen LogP contribution in [0.5, 0.6) is 11.5 Å². The van der Waals surface area contributed by atoms with Gasteiger partial charge in [0.25, 0.3) is 0 Å². The lowest BCUT2D eigenvalue weighted by molar-refractivity contribution is -0.140. The first-order valence-corrected chi connectivity index (χ1v) is 16.9. The molecule has 0 radical (unpaired) electrons. The number of nitrogens with one attached hydrogen (secondary N) is 1. The highest BCUT2D eigenvalue weighted by Gasteiger charge is 2.33. The van der Waals surface area contributed by atoms with Gasteiger partial charge in [-0.1, -0.05) is 72.8 Å². The molecule has 0 saturated carbocycles. The van der Waals surface area contributed by atoms with Gasteiger partial charge in [-0.2, -0.15) is 0 Å². The van der Waals surface area contributed by atoms with E-state index in [2.05, 4.69) is 5.32 Å². The molecule has 0 aromatic heterocycles. The van der Waals surface area contributed by atoms with Crippen LogP contribution in [0.25, 0.3) is 0 Å². The maximum Gasteiger partial charge on any atom is 0.244 e. The van der Waals surface area contributed by atoms with Crippen molar-refractivity contribution in [2.24, 2.45) is 0 Å². The third-order valence-corrected chi connectivity index (χ3v) is 8.38. The number of nitrogens with zero attached hydrogens (tertiary/aromatic N) is 2. The van der Waals surface area contributed by atoms with E-state index in [0.29, 0.717) is 23.8 Å². The van der Waals surface area contributed by atoms with Crippen molar-refractivity contribution in [3.8, 4) is 11.5 Å². The number of ether oxygens (including phenoxy) is 2. The number of carbonyl (C=O) groups is 2. The van der Waals surface area contributed by atoms with Crippen LogP contribution >= 0.6 is 0 Å². The minimum Gasteiger partial charge on any atom is -0.497 e. The van der Waals surface area contributed by atoms with Crippen molar-refractivity contribution >= 4 is 27.5 Å². The molecule has 0 aliphatic carbocycles. The lowest BCUT2D eigenvalue weighted by Crippen LogP contribution is -2.54. The summed E-state index contributed by atoms with van der Waals surface area (Å²) in [6.07, 6.45) is 1.29. The Hall–Kier alpha value is -4.83. The zero-order valence-electron chi connectivity index (χ0n) is 26.6. The Morgan fingerprint density at radius 3 is 1.98 bits per heavy atom. The van der Waals surface area contributed by atoms with E-state index in [9.17, 15) is 18.0 Å². The Morgan fingerprint density at radius 1 is 0.783 bits per heavy atom. The second-order valence-electron chi connectivity index (χ2n) is 11.3. The SMILES string of the molecule is COc1cccc(CN(C(=O)CN(c2ccc(OCc3ccccc3)cc2)S(C)(=O)=O)C(Cc2ccccc2)C(=O)NC(C)C)c1. The molecule has 1 atom stereocenters. The van der Waals surface area contributed by atoms with E-state index in [4.69, 9.17) is 9.47 Å². The lowest BCUT2D eigenvalue weighted by Gasteiger charge is -2.34. The molecular weight excluding hydrogens is 602 g/mol. The zero-order valence-corrected chi connectivity index (χ0v) is 27.4. The van der Waals surface area contributed by atoms with Crippen molar-refractivity contribution in [2.45, 2.75) is 45.5 Å². The molecule has 0 bridgehead atoms. The van der Waals surface area contributed by atoms with Crippen LogP contribution in [0.2, 0.25) is 0 Å². The van der Waals surface area contributed by atoms with Crippen LogP contribution in [0.1, 0.15) is 30.5 Å². The largest absolute Gasteiger partial charge is 0.497 e. The summed E-state index contributed by atoms with van der Waals surface area (Å²) in [7, 11) is -2.34. The normalized spacial score (nSPS) is 11.8. The van der Waals surface area contributed by atoms with Gasteiger partial charge in [-0.15, -0.1) is 0 Å². The highest BCUT2D eigenvalue weighted by atomic mass is 32.2. The van der Waals surface area contributed by atoms with Gasteiger partial charge in [0.1, 0.15) is 30.7 Å². The molecular formula is C36H41N3O6S. The van der Waals surface area contributed by atoms with Crippen LogP contribution in [-0.4, -0.2) is 57.1 Å². The highest BCUT2D eigenvalue weighted by molar-refractivity contribution is 7.92. The molecule has 10 heteroatoms. The van der Waals surface area contributed by atoms with Gasteiger partial charge >= 0.3 is 0 Å². The van der Waals surface area contributed by atoms with Crippen LogP contribution in [0.4, 0.5) is 5.69 Å². The van der Waals surface area contributed by atoms with Crippen molar-refractivity contribution in [3.05, 3.63) is 126 Å². The summed E-state index contributed by atoms with van der Waals surface area (Å²) >= 11 is 0. The predicted octanol–water partition coefficient (Wildman–Crippen LogP) is 5.20. The van der Waals surface area contributed by atoms with Crippen molar-refractivity contribution in [1.29, 1.82) is 0 Å². The smallest absolute Gasteiger partial charge is 0.244 e. The molecule has 1 unspecified atom stereocenters. The van der Waals surface area contributed by atoms with Crippen LogP contribution in [0, 0.1) is 0 Å². The topological polar surface area (TPSA) is 105 Å². The lowest BCUT2D eigenvalue weighted by atomic mass is 10.0. The molecule has 4 rings (SSSR count). The average molecular weight is 644 g/mol. The third-order valence-electron chi connectivity index (χ3n) is 7.24. The van der Waals surface area contributed by atoms with Crippen molar-refractivity contribution in [3.63, 3.8) is 0 Å². The fraction of sp³-hybridized carbons (Fsp3) is 0.278. The monoisotopic (exact) mass is 643 g/mol. The van der Waals surface area contributed by atoms with E-state index in [1.165, 1.54) is 4.90 Å². The summed E-state index contributed by atoms with van der Waals surface area (Å²) < 4.78 is 38.5. The van der Waals surface area contributed by atoms with E-state index in [0.717, 1.165) is 27.3 Å². The second-order valence-corrected chi connectivity index (χ2v) is 13.2. The molecule has 0 heterocycles. The molecule has 0 spiro atoms. The summed E-state index contributed by atoms with van der Waals surface area (Å²) in [5.74, 6) is 0.294. The molecule has 2 amide bonds. The Bertz CT molecular complexity index is 1680. The molecule has 0 aliphatic rings. The molecule has 1 N–H and O–H groups in total. The van der Waals surface area contributed by atoms with Gasteiger partial charge in [-0.3, -0.25) is 13.9 Å². The number of sulfonamides is 1. The molecule has 4 aromatic carbocycles. The van der Waals surface area contributed by atoms with Crippen LogP contribution in [0.15, 0.2) is 109 Å². The standard InChI is InChI=1S/C36H41N3O6S/c1-27(2)37-36(41)34(23-28-12-7-5-8-13-28)38(24-30-16-11-17-33(22-30)44-3)35(40)25-39(46(4,42)43)31-18-20-32(21-19-31)45-26-29-14-9-6-10-15-29/h5-22,27,34H,23-26H2,1-4H3,(H,37,41). The molecule has 242 valence electrons. The maximum atomic E-state index is 14.3. The van der Waals surface area contributed by atoms with E-state index in [-0.39, 0.29) is 24.9 Å². The molecule has 0 aliphatic heterocycles. The summed E-state index contributed by atoms with van der Waals surface area (Å²) in [5.41, 5.74) is 2.89. The molecule has 4 aromatic rings. The number of methoxy groups -OCH3 is 1. The van der Waals surface area contributed by atoms with Gasteiger partial charge in [0.05, 0.1) is 19.1 Å². The highest BCUT2D eigenvalue weighted by Crippen LogP contribution is 2.24. The van der Waals surface area contributed by atoms with Crippen molar-refractivity contribution < 1.29 is 27.5 Å². The van der Waals surface area contributed by atoms with E-state index in [1.54, 1.807) is 49.6 Å². The Kier molecular flexibility index (Phi) is 11.8. The maximum absolute atomic E-state index is 14.3. The number of rotatable bonds is 15. The number of anilines is 1. The summed E-state index contributed by atoms with van der Waals surface area (Å²) in [5, 5.41) is 2.95. The summed E-state index contributed by atoms with van der Waals surface area (Å²) in [6, 6.07) is 31.8. The molecule has 9 nitrogen and oxygen atoms in total. The molecule has 0 fully saturated rings. The van der Waals surface area contributed by atoms with Crippen LogP contribution in [0.3, 0.4) is 0 Å². The minimum absolute atomic E-state index is 0.0584. The number of hydrogen-bond acceptors (Lipinski definition) is 6. The Balaban J connectivity index is 1.65. The number of carbonyl (C=O) groups excluding carboxylic acids is 2. The third kappa shape index (κ3) is 9.84. The first-order valence-electron chi connectivity index (χ1n) is 15.0. The number of hydrogen-bond donors (Lipinski definition) is 1. The first-order chi connectivity index (χ1) is 22.0. The van der Waals surface area contributed by atoms with Gasteiger partial charge in [0.15, 0.2) is 0 Å². The Morgan fingerprint density at radius 2 is 1.39 bits per heavy atom. The summed E-state index contributed by atoms with van der Waals surface area (Å²) in [6.45, 7) is 3.61. The first kappa shape index (κ1) is 34.1. The second kappa shape index (κ2) is 15.9. The van der Waals surface area contributed by atoms with Gasteiger partial charge in [0, 0.05) is 19.0 Å². The fourth-order valence-electron chi connectivity index (χ4n) is 4.97. The van der Waals surface area contributed by atoms with Gasteiger partial charge < -0.3 is 19.7 Å². The Labute approximate surface area is 271 Å². The van der Waals surface area contributed by atoms with Crippen LogP contribution in [-0.2, 0) is 39.2 Å². The van der Waals surface area contributed by atoms with Gasteiger partial charge in [-0.05, 0) is 66.9 Å². The fourth-order valence-corrected chi connectivity index (χ4v) is 5.82. The van der Waals surface area contributed by atoms with Gasteiger partial charge in [-0.25, -0.2) is 8.42 Å². The van der Waals surface area contributed by atoms with Crippen LogP contribution < -0.4 is 19.1 Å². The molecule has 46 heavy (non-hydrogen) atoms. The van der Waals surface area contributed by atoms with E-state index in [1.807, 2.05) is 80.6 Å². The average Bonchev–Trinajstić information content (AvgIpc) is 3.04. The van der Waals surface area contributed by atoms with E-state index < -0.39 is 28.5 Å². The van der Waals surface area contributed by atoms with Crippen molar-refractivity contribution in [1.82, 2.24) is 10.2 Å². The summed E-state index contributed by atoms with van der Waals surface area (Å²) in [4.78, 5) is 29.4. The predicted molar refractivity (Wildman–Crippen MR) is 180 cm³/mol. The zero-order chi connectivity index (χ0) is 33.1. The van der Waals surface area contributed by atoms with E-state index >= 15 is 0 Å². The quantitative estimate of drug-likeness (QED) is 0.191. The van der Waals surface area contributed by atoms with Gasteiger partial charge in [0.2, 0.25) is 21.8 Å². The number of amides is 2. The molecule has 0 saturated heterocycles. The minimum atomic E-state index is -3.90. The van der Waals surface area contributed by atoms with Crippen molar-refractivity contribution in [2.75, 3.05) is 24.2 Å².